The minimum atomic E-state index is -0.554. The molecule has 0 unspecified atom stereocenters. The smallest absolute Gasteiger partial charge is 0.313 e. The van der Waals surface area contributed by atoms with E-state index in [4.69, 9.17) is 14.2 Å². The van der Waals surface area contributed by atoms with E-state index in [1.54, 1.807) is 19.1 Å². The summed E-state index contributed by atoms with van der Waals surface area (Å²) in [6, 6.07) is 3.15. The van der Waals surface area contributed by atoms with E-state index in [1.807, 2.05) is 0 Å². The van der Waals surface area contributed by atoms with Crippen LogP contribution in [0.2, 0.25) is 0 Å². The van der Waals surface area contributed by atoms with Gasteiger partial charge in [-0.25, -0.2) is 0 Å². The molecule has 1 rings (SSSR count). The largest absolute Gasteiger partial charge is 0.496 e. The number of carbonyl (C=O) groups excluding carboxylic acids is 2. The summed E-state index contributed by atoms with van der Waals surface area (Å²) < 4.78 is 15.6. The Morgan fingerprint density at radius 3 is 2.32 bits per heavy atom. The van der Waals surface area contributed by atoms with Crippen LogP contribution in [0.15, 0.2) is 16.6 Å². The summed E-state index contributed by atoms with van der Waals surface area (Å²) in [6.07, 6.45) is -0.316. The third-order valence-electron chi connectivity index (χ3n) is 2.38. The van der Waals surface area contributed by atoms with Gasteiger partial charge in [0.15, 0.2) is 5.78 Å². The Hall–Kier alpha value is -1.56. The number of esters is 1. The van der Waals surface area contributed by atoms with Gasteiger partial charge in [-0.1, -0.05) is 0 Å². The molecule has 0 atom stereocenters. The highest BCUT2D eigenvalue weighted by Crippen LogP contribution is 2.33. The second-order valence-corrected chi connectivity index (χ2v) is 4.45. The molecule has 0 saturated carbocycles. The van der Waals surface area contributed by atoms with Crippen molar-refractivity contribution >= 4 is 27.7 Å². The molecule has 0 bridgehead atoms. The first-order valence-electron chi connectivity index (χ1n) is 5.63. The van der Waals surface area contributed by atoms with E-state index < -0.39 is 5.97 Å². The van der Waals surface area contributed by atoms with Crippen LogP contribution >= 0.6 is 15.9 Å². The average Bonchev–Trinajstić information content (AvgIpc) is 2.38. The summed E-state index contributed by atoms with van der Waals surface area (Å²) in [7, 11) is 2.96. The van der Waals surface area contributed by atoms with Crippen molar-refractivity contribution in [1.29, 1.82) is 0 Å². The quantitative estimate of drug-likeness (QED) is 0.455. The van der Waals surface area contributed by atoms with Gasteiger partial charge in [0.2, 0.25) is 0 Å². The highest BCUT2D eigenvalue weighted by Gasteiger charge is 2.19. The van der Waals surface area contributed by atoms with E-state index in [-0.39, 0.29) is 18.8 Å². The summed E-state index contributed by atoms with van der Waals surface area (Å²) in [4.78, 5) is 23.3. The van der Waals surface area contributed by atoms with Crippen molar-refractivity contribution in [1.82, 2.24) is 0 Å². The Balaban J connectivity index is 3.02. The van der Waals surface area contributed by atoms with Crippen molar-refractivity contribution in [2.24, 2.45) is 0 Å². The predicted octanol–water partition coefficient (Wildman–Crippen LogP) is 2.60. The lowest BCUT2D eigenvalue weighted by Gasteiger charge is -2.11. The number of methoxy groups -OCH3 is 2. The molecule has 0 radical (unpaired) electrons. The van der Waals surface area contributed by atoms with Crippen molar-refractivity contribution in [3.63, 3.8) is 0 Å². The maximum atomic E-state index is 12.0. The van der Waals surface area contributed by atoms with Crippen molar-refractivity contribution < 1.29 is 23.8 Å². The van der Waals surface area contributed by atoms with Crippen LogP contribution in [0, 0.1) is 0 Å². The van der Waals surface area contributed by atoms with E-state index >= 15 is 0 Å². The van der Waals surface area contributed by atoms with E-state index in [0.29, 0.717) is 21.5 Å². The summed E-state index contributed by atoms with van der Waals surface area (Å²) in [5.41, 5.74) is 0.309. The lowest BCUT2D eigenvalue weighted by atomic mass is 10.1. The molecule has 0 heterocycles. The molecule has 0 aliphatic heterocycles. The topological polar surface area (TPSA) is 61.8 Å². The zero-order chi connectivity index (χ0) is 14.4. The van der Waals surface area contributed by atoms with Gasteiger partial charge >= 0.3 is 5.97 Å². The van der Waals surface area contributed by atoms with Gasteiger partial charge in [0.25, 0.3) is 0 Å². The molecule has 5 nitrogen and oxygen atoms in total. The second-order valence-electron chi connectivity index (χ2n) is 3.59. The Morgan fingerprint density at radius 2 is 1.79 bits per heavy atom. The molecule has 1 aromatic carbocycles. The number of benzene rings is 1. The van der Waals surface area contributed by atoms with Crippen LogP contribution in [-0.4, -0.2) is 32.6 Å². The number of ether oxygens (including phenoxy) is 3. The molecule has 104 valence electrons. The first kappa shape index (κ1) is 15.5. The van der Waals surface area contributed by atoms with Crippen molar-refractivity contribution in [3.8, 4) is 11.5 Å². The molecule has 0 aliphatic rings. The zero-order valence-electron chi connectivity index (χ0n) is 11.0. The maximum Gasteiger partial charge on any atom is 0.313 e. The van der Waals surface area contributed by atoms with Gasteiger partial charge in [-0.2, -0.15) is 0 Å². The van der Waals surface area contributed by atoms with Crippen LogP contribution < -0.4 is 9.47 Å². The van der Waals surface area contributed by atoms with Crippen molar-refractivity contribution in [2.75, 3.05) is 20.8 Å². The number of halogens is 1. The highest BCUT2D eigenvalue weighted by atomic mass is 79.9. The molecule has 6 heteroatoms. The van der Waals surface area contributed by atoms with Gasteiger partial charge in [-0.15, -0.1) is 0 Å². The Morgan fingerprint density at radius 1 is 1.16 bits per heavy atom. The molecule has 0 aromatic heterocycles. The molecule has 1 aromatic rings. The minimum Gasteiger partial charge on any atom is -0.496 e. The monoisotopic (exact) mass is 330 g/mol. The minimum absolute atomic E-state index is 0.246. The zero-order valence-corrected chi connectivity index (χ0v) is 12.6. The number of hydrogen-bond acceptors (Lipinski definition) is 5. The standard InChI is InChI=1S/C13H15BrO5/c1-4-19-13(16)6-10(15)8-5-9(14)12(18-3)7-11(8)17-2/h5,7H,4,6H2,1-3H3. The molecule has 0 spiro atoms. The number of Topliss-reactive ketones (excluding diaryl/α,β-unsaturated/α-hetero) is 1. The fourth-order valence-corrected chi connectivity index (χ4v) is 2.02. The number of carbonyl (C=O) groups is 2. The van der Waals surface area contributed by atoms with Gasteiger partial charge in [-0.3, -0.25) is 9.59 Å². The third-order valence-corrected chi connectivity index (χ3v) is 3.00. The van der Waals surface area contributed by atoms with Gasteiger partial charge in [-0.05, 0) is 28.9 Å². The molecular formula is C13H15BrO5. The summed E-state index contributed by atoms with van der Waals surface area (Å²) >= 11 is 3.29. The van der Waals surface area contributed by atoms with Crippen LogP contribution in [0.1, 0.15) is 23.7 Å². The second kappa shape index (κ2) is 7.13. The SMILES string of the molecule is CCOC(=O)CC(=O)c1cc(Br)c(OC)cc1OC. The fourth-order valence-electron chi connectivity index (χ4n) is 1.52. The van der Waals surface area contributed by atoms with Crippen LogP contribution in [0.5, 0.6) is 11.5 Å². The fraction of sp³-hybridized carbons (Fsp3) is 0.385. The maximum absolute atomic E-state index is 12.0. The van der Waals surface area contributed by atoms with Gasteiger partial charge in [0, 0.05) is 6.07 Å². The lowest BCUT2D eigenvalue weighted by molar-refractivity contribution is -0.141. The molecule has 0 N–H and O–H groups in total. The van der Waals surface area contributed by atoms with E-state index in [1.165, 1.54) is 14.2 Å². The normalized spacial score (nSPS) is 9.89. The number of rotatable bonds is 6. The Bertz CT molecular complexity index is 484. The molecule has 0 aliphatic carbocycles. The molecule has 0 amide bonds. The molecular weight excluding hydrogens is 316 g/mol. The summed E-state index contributed by atoms with van der Waals surface area (Å²) in [6.45, 7) is 1.93. The highest BCUT2D eigenvalue weighted by molar-refractivity contribution is 9.10. The van der Waals surface area contributed by atoms with Crippen LogP contribution in [0.3, 0.4) is 0 Å². The third kappa shape index (κ3) is 3.96. The van der Waals surface area contributed by atoms with Crippen LogP contribution in [-0.2, 0) is 9.53 Å². The Kier molecular flexibility index (Phi) is 5.82. The first-order chi connectivity index (χ1) is 9.03. The lowest BCUT2D eigenvalue weighted by Crippen LogP contribution is -2.12. The van der Waals surface area contributed by atoms with Crippen molar-refractivity contribution in [3.05, 3.63) is 22.2 Å². The first-order valence-corrected chi connectivity index (χ1v) is 6.43. The molecule has 19 heavy (non-hydrogen) atoms. The Labute approximate surface area is 120 Å². The molecule has 0 fully saturated rings. The van der Waals surface area contributed by atoms with Gasteiger partial charge in [0.05, 0.1) is 30.9 Å². The van der Waals surface area contributed by atoms with Crippen LogP contribution in [0.25, 0.3) is 0 Å². The van der Waals surface area contributed by atoms with Gasteiger partial charge in [0.1, 0.15) is 17.9 Å². The number of hydrogen-bond donors (Lipinski definition) is 0. The van der Waals surface area contributed by atoms with Crippen molar-refractivity contribution in [2.45, 2.75) is 13.3 Å². The van der Waals surface area contributed by atoms with Gasteiger partial charge < -0.3 is 14.2 Å². The predicted molar refractivity (Wildman–Crippen MR) is 72.8 cm³/mol. The van der Waals surface area contributed by atoms with E-state index in [2.05, 4.69) is 15.9 Å². The summed E-state index contributed by atoms with van der Waals surface area (Å²) in [5.74, 6) is -0.0148. The van der Waals surface area contributed by atoms with E-state index in [0.717, 1.165) is 0 Å². The van der Waals surface area contributed by atoms with E-state index in [9.17, 15) is 9.59 Å². The molecule has 0 saturated heterocycles. The number of ketones is 1. The van der Waals surface area contributed by atoms with Crippen LogP contribution in [0.4, 0.5) is 0 Å². The summed E-state index contributed by atoms with van der Waals surface area (Å²) in [5, 5.41) is 0. The average molecular weight is 331 g/mol.